The van der Waals surface area contributed by atoms with Crippen LogP contribution in [0.15, 0.2) is 0 Å². The van der Waals surface area contributed by atoms with Gasteiger partial charge >= 0.3 is 12.1 Å². The Kier molecular flexibility index (Phi) is 6.45. The van der Waals surface area contributed by atoms with Gasteiger partial charge in [0.1, 0.15) is 5.60 Å². The quantitative estimate of drug-likeness (QED) is 0.788. The van der Waals surface area contributed by atoms with Crippen LogP contribution in [0.2, 0.25) is 0 Å². The van der Waals surface area contributed by atoms with Crippen LogP contribution in [0.3, 0.4) is 0 Å². The highest BCUT2D eigenvalue weighted by Crippen LogP contribution is 2.24. The molecule has 6 nitrogen and oxygen atoms in total. The summed E-state index contributed by atoms with van der Waals surface area (Å²) in [4.78, 5) is 22.6. The van der Waals surface area contributed by atoms with Crippen molar-refractivity contribution in [1.29, 1.82) is 0 Å². The zero-order valence-corrected chi connectivity index (χ0v) is 13.3. The van der Waals surface area contributed by atoms with Crippen LogP contribution >= 0.6 is 0 Å². The number of rotatable bonds is 6. The first kappa shape index (κ1) is 17.8. The van der Waals surface area contributed by atoms with Crippen LogP contribution in [-0.4, -0.2) is 41.0 Å². The van der Waals surface area contributed by atoms with E-state index in [2.05, 4.69) is 5.32 Å². The average molecular weight is 301 g/mol. The molecule has 6 heteroatoms. The van der Waals surface area contributed by atoms with Crippen LogP contribution in [-0.2, 0) is 14.3 Å². The molecule has 1 amide bonds. The smallest absolute Gasteiger partial charge is 0.407 e. The van der Waals surface area contributed by atoms with Crippen molar-refractivity contribution < 1.29 is 24.2 Å². The number of carbonyl (C=O) groups is 2. The lowest BCUT2D eigenvalue weighted by Crippen LogP contribution is -2.41. The fourth-order valence-electron chi connectivity index (χ4n) is 2.40. The number of carbonyl (C=O) groups excluding carboxylic acids is 1. The molecule has 0 aromatic rings. The molecule has 2 N–H and O–H groups in total. The van der Waals surface area contributed by atoms with E-state index < -0.39 is 17.7 Å². The van der Waals surface area contributed by atoms with Crippen molar-refractivity contribution in [3.8, 4) is 0 Å². The van der Waals surface area contributed by atoms with Crippen LogP contribution in [0.4, 0.5) is 4.79 Å². The van der Waals surface area contributed by atoms with Gasteiger partial charge in [-0.1, -0.05) is 0 Å². The Labute approximate surface area is 126 Å². The summed E-state index contributed by atoms with van der Waals surface area (Å²) >= 11 is 0. The Hall–Kier alpha value is -1.30. The van der Waals surface area contributed by atoms with E-state index in [1.807, 2.05) is 6.92 Å². The van der Waals surface area contributed by atoms with E-state index in [9.17, 15) is 9.59 Å². The molecule has 1 fully saturated rings. The summed E-state index contributed by atoms with van der Waals surface area (Å²) in [5, 5.41) is 11.6. The van der Waals surface area contributed by atoms with E-state index >= 15 is 0 Å². The minimum Gasteiger partial charge on any atom is -0.481 e. The number of carboxylic acids is 1. The zero-order chi connectivity index (χ0) is 16.0. The number of nitrogens with one attached hydrogen (secondary N) is 1. The molecule has 1 aliphatic heterocycles. The Morgan fingerprint density at radius 3 is 2.52 bits per heavy atom. The minimum absolute atomic E-state index is 0.0166. The molecular weight excluding hydrogens is 274 g/mol. The largest absolute Gasteiger partial charge is 0.481 e. The van der Waals surface area contributed by atoms with E-state index in [1.165, 1.54) is 0 Å². The molecule has 0 aromatic carbocycles. The Balaban J connectivity index is 2.51. The van der Waals surface area contributed by atoms with Crippen molar-refractivity contribution in [2.45, 2.75) is 83.6 Å². The highest BCUT2D eigenvalue weighted by molar-refractivity contribution is 5.69. The van der Waals surface area contributed by atoms with Gasteiger partial charge in [-0.15, -0.1) is 0 Å². The third-order valence-electron chi connectivity index (χ3n) is 3.29. The van der Waals surface area contributed by atoms with Gasteiger partial charge in [-0.3, -0.25) is 4.79 Å². The zero-order valence-electron chi connectivity index (χ0n) is 13.3. The molecule has 1 heterocycles. The third-order valence-corrected chi connectivity index (χ3v) is 3.29. The SMILES string of the molecule is CC1CCC(CC(CCC(=O)O)NC(=O)OC(C)(C)C)O1. The predicted molar refractivity (Wildman–Crippen MR) is 78.2 cm³/mol. The number of hydrogen-bond donors (Lipinski definition) is 2. The molecule has 0 radical (unpaired) electrons. The van der Waals surface area contributed by atoms with Gasteiger partial charge in [-0.25, -0.2) is 4.79 Å². The first-order valence-electron chi connectivity index (χ1n) is 7.52. The predicted octanol–water partition coefficient (Wildman–Crippen LogP) is 2.70. The van der Waals surface area contributed by atoms with E-state index in [4.69, 9.17) is 14.6 Å². The summed E-state index contributed by atoms with van der Waals surface area (Å²) in [5.74, 6) is -0.869. The molecule has 0 spiro atoms. The van der Waals surface area contributed by atoms with Crippen molar-refractivity contribution in [2.24, 2.45) is 0 Å². The molecule has 0 aliphatic carbocycles. The van der Waals surface area contributed by atoms with Gasteiger partial charge in [-0.05, 0) is 53.4 Å². The second-order valence-corrected chi connectivity index (χ2v) is 6.66. The van der Waals surface area contributed by atoms with Crippen molar-refractivity contribution >= 4 is 12.1 Å². The second-order valence-electron chi connectivity index (χ2n) is 6.66. The Morgan fingerprint density at radius 2 is 2.05 bits per heavy atom. The number of amides is 1. The first-order chi connectivity index (χ1) is 9.65. The summed E-state index contributed by atoms with van der Waals surface area (Å²) in [6, 6.07) is -0.244. The molecule has 3 atom stereocenters. The molecule has 1 aliphatic rings. The van der Waals surface area contributed by atoms with Crippen LogP contribution in [0.5, 0.6) is 0 Å². The van der Waals surface area contributed by atoms with Gasteiger partial charge < -0.3 is 19.9 Å². The normalized spacial score (nSPS) is 23.6. The fraction of sp³-hybridized carbons (Fsp3) is 0.867. The van der Waals surface area contributed by atoms with Gasteiger partial charge in [-0.2, -0.15) is 0 Å². The van der Waals surface area contributed by atoms with E-state index in [0.717, 1.165) is 12.8 Å². The monoisotopic (exact) mass is 301 g/mol. The average Bonchev–Trinajstić information content (AvgIpc) is 2.69. The Bertz CT molecular complexity index is 364. The van der Waals surface area contributed by atoms with Gasteiger partial charge in [0.05, 0.1) is 12.2 Å². The fourth-order valence-corrected chi connectivity index (χ4v) is 2.40. The second kappa shape index (κ2) is 7.64. The van der Waals surface area contributed by atoms with Crippen LogP contribution in [0, 0.1) is 0 Å². The summed E-state index contributed by atoms with van der Waals surface area (Å²) in [5.41, 5.74) is -0.570. The van der Waals surface area contributed by atoms with Crippen LogP contribution < -0.4 is 5.32 Å². The molecule has 122 valence electrons. The van der Waals surface area contributed by atoms with E-state index in [-0.39, 0.29) is 24.7 Å². The van der Waals surface area contributed by atoms with Crippen molar-refractivity contribution in [3.05, 3.63) is 0 Å². The molecule has 0 saturated carbocycles. The van der Waals surface area contributed by atoms with Crippen LogP contribution in [0.25, 0.3) is 0 Å². The van der Waals surface area contributed by atoms with Gasteiger partial charge in [0.25, 0.3) is 0 Å². The highest BCUT2D eigenvalue weighted by Gasteiger charge is 2.27. The summed E-state index contributed by atoms with van der Waals surface area (Å²) in [6.45, 7) is 7.40. The lowest BCUT2D eigenvalue weighted by molar-refractivity contribution is -0.137. The lowest BCUT2D eigenvalue weighted by atomic mass is 10.0. The number of alkyl carbamates (subject to hydrolysis) is 1. The van der Waals surface area contributed by atoms with Gasteiger partial charge in [0, 0.05) is 12.5 Å². The number of carboxylic acid groups (broad SMARTS) is 1. The maximum absolute atomic E-state index is 11.8. The maximum atomic E-state index is 11.8. The third kappa shape index (κ3) is 7.90. The lowest BCUT2D eigenvalue weighted by Gasteiger charge is -2.25. The number of aliphatic carboxylic acids is 1. The Morgan fingerprint density at radius 1 is 1.38 bits per heavy atom. The summed E-state index contributed by atoms with van der Waals surface area (Å²) in [7, 11) is 0. The van der Waals surface area contributed by atoms with Crippen molar-refractivity contribution in [2.75, 3.05) is 0 Å². The molecule has 21 heavy (non-hydrogen) atoms. The number of ether oxygens (including phenoxy) is 2. The van der Waals surface area contributed by atoms with Gasteiger partial charge in [0.2, 0.25) is 0 Å². The highest BCUT2D eigenvalue weighted by atomic mass is 16.6. The van der Waals surface area contributed by atoms with E-state index in [0.29, 0.717) is 12.8 Å². The first-order valence-corrected chi connectivity index (χ1v) is 7.52. The van der Waals surface area contributed by atoms with E-state index in [1.54, 1.807) is 20.8 Å². The van der Waals surface area contributed by atoms with Crippen LogP contribution in [0.1, 0.15) is 59.8 Å². The molecular formula is C15H27NO5. The maximum Gasteiger partial charge on any atom is 0.407 e. The molecule has 1 rings (SSSR count). The number of hydrogen-bond acceptors (Lipinski definition) is 4. The molecule has 3 unspecified atom stereocenters. The minimum atomic E-state index is -0.869. The molecule has 0 aromatic heterocycles. The summed E-state index contributed by atoms with van der Waals surface area (Å²) < 4.78 is 11.0. The van der Waals surface area contributed by atoms with Gasteiger partial charge in [0.15, 0.2) is 0 Å². The standard InChI is InChI=1S/C15H27NO5/c1-10-5-7-12(20-10)9-11(6-8-13(17)18)16-14(19)21-15(2,3)4/h10-12H,5-9H2,1-4H3,(H,16,19)(H,17,18). The van der Waals surface area contributed by atoms with Crippen molar-refractivity contribution in [3.63, 3.8) is 0 Å². The molecule has 1 saturated heterocycles. The summed E-state index contributed by atoms with van der Waals surface area (Å²) in [6.07, 6.45) is 2.76. The molecule has 0 bridgehead atoms. The topological polar surface area (TPSA) is 84.9 Å². The van der Waals surface area contributed by atoms with Crippen molar-refractivity contribution in [1.82, 2.24) is 5.32 Å².